The van der Waals surface area contributed by atoms with E-state index in [0.717, 1.165) is 35.5 Å². The van der Waals surface area contributed by atoms with E-state index in [2.05, 4.69) is 28.7 Å². The van der Waals surface area contributed by atoms with E-state index in [-0.39, 0.29) is 0 Å². The normalized spacial score (nSPS) is 28.1. The summed E-state index contributed by atoms with van der Waals surface area (Å²) in [5.41, 5.74) is 1.95. The zero-order valence-corrected chi connectivity index (χ0v) is 13.7. The van der Waals surface area contributed by atoms with Gasteiger partial charge < -0.3 is 4.74 Å². The van der Waals surface area contributed by atoms with E-state index in [1.54, 1.807) is 0 Å². The highest BCUT2D eigenvalue weighted by molar-refractivity contribution is 5.32. The van der Waals surface area contributed by atoms with E-state index in [0.29, 0.717) is 12.0 Å². The minimum absolute atomic E-state index is 0.358. The molecule has 1 unspecified atom stereocenters. The molecule has 0 radical (unpaired) electrons. The molecule has 116 valence electrons. The van der Waals surface area contributed by atoms with Gasteiger partial charge in [-0.1, -0.05) is 13.8 Å². The lowest BCUT2D eigenvalue weighted by atomic mass is 9.83. The van der Waals surface area contributed by atoms with Crippen LogP contribution in [0.3, 0.4) is 0 Å². The molecular formula is C17H27N3O. The molecule has 3 aliphatic heterocycles. The summed E-state index contributed by atoms with van der Waals surface area (Å²) in [4.78, 5) is 11.8. The van der Waals surface area contributed by atoms with Gasteiger partial charge in [-0.3, -0.25) is 4.90 Å². The van der Waals surface area contributed by atoms with Crippen LogP contribution < -0.4 is 4.74 Å². The maximum atomic E-state index is 6.13. The Morgan fingerprint density at radius 2 is 1.76 bits per heavy atom. The van der Waals surface area contributed by atoms with Crippen molar-refractivity contribution in [1.29, 1.82) is 0 Å². The third-order valence-electron chi connectivity index (χ3n) is 4.93. The molecule has 0 spiro atoms. The van der Waals surface area contributed by atoms with Crippen molar-refractivity contribution < 1.29 is 4.74 Å². The molecule has 3 aliphatic rings. The molecule has 4 rings (SSSR count). The highest BCUT2D eigenvalue weighted by Crippen LogP contribution is 2.32. The van der Waals surface area contributed by atoms with Crippen molar-refractivity contribution in [3.63, 3.8) is 0 Å². The molecule has 0 amide bonds. The fraction of sp³-hybridized carbons (Fsp3) is 0.765. The molecule has 1 aromatic rings. The van der Waals surface area contributed by atoms with Crippen LogP contribution in [0.5, 0.6) is 5.75 Å². The van der Waals surface area contributed by atoms with Crippen molar-refractivity contribution in [2.75, 3.05) is 19.7 Å². The predicted octanol–water partition coefficient (Wildman–Crippen LogP) is 3.08. The van der Waals surface area contributed by atoms with Crippen LogP contribution in [0.1, 0.15) is 56.2 Å². The Balaban J connectivity index is 1.68. The molecule has 0 N–H and O–H groups in total. The highest BCUT2D eigenvalue weighted by atomic mass is 16.5. The Morgan fingerprint density at radius 3 is 2.24 bits per heavy atom. The van der Waals surface area contributed by atoms with E-state index < -0.39 is 0 Å². The van der Waals surface area contributed by atoms with Gasteiger partial charge in [0, 0.05) is 12.0 Å². The van der Waals surface area contributed by atoms with Gasteiger partial charge in [-0.05, 0) is 52.1 Å². The van der Waals surface area contributed by atoms with Gasteiger partial charge in [0.05, 0.1) is 11.4 Å². The molecule has 0 aromatic carbocycles. The summed E-state index contributed by atoms with van der Waals surface area (Å²) in [7, 11) is 0. The maximum Gasteiger partial charge on any atom is 0.161 e. The summed E-state index contributed by atoms with van der Waals surface area (Å²) >= 11 is 0. The van der Waals surface area contributed by atoms with Crippen LogP contribution in [0.15, 0.2) is 0 Å². The fourth-order valence-corrected chi connectivity index (χ4v) is 3.64. The largest absolute Gasteiger partial charge is 0.488 e. The molecule has 21 heavy (non-hydrogen) atoms. The molecule has 0 saturated carbocycles. The zero-order valence-electron chi connectivity index (χ0n) is 13.7. The average Bonchev–Trinajstić information content (AvgIpc) is 2.47. The lowest BCUT2D eigenvalue weighted by Crippen LogP contribution is -2.51. The number of hydrogen-bond donors (Lipinski definition) is 0. The zero-order chi connectivity index (χ0) is 15.0. The molecule has 4 heterocycles. The van der Waals surface area contributed by atoms with E-state index in [9.17, 15) is 0 Å². The SMILES string of the molecule is Cc1nc(C(C)C)nc(C)c1OCC1CC2CCN1CC2. The van der Waals surface area contributed by atoms with Crippen molar-refractivity contribution in [2.24, 2.45) is 5.92 Å². The number of fused-ring (bicyclic) bond motifs is 3. The van der Waals surface area contributed by atoms with Crippen molar-refractivity contribution in [2.45, 2.75) is 58.9 Å². The third kappa shape index (κ3) is 3.05. The summed E-state index contributed by atoms with van der Waals surface area (Å²) < 4.78 is 6.13. The smallest absolute Gasteiger partial charge is 0.161 e. The van der Waals surface area contributed by atoms with E-state index in [1.165, 1.54) is 32.4 Å². The second-order valence-corrected chi connectivity index (χ2v) is 6.92. The number of piperidine rings is 3. The first-order chi connectivity index (χ1) is 10.0. The Labute approximate surface area is 127 Å². The van der Waals surface area contributed by atoms with Crippen LogP contribution >= 0.6 is 0 Å². The van der Waals surface area contributed by atoms with Crippen LogP contribution in [-0.2, 0) is 0 Å². The molecule has 0 aliphatic carbocycles. The minimum Gasteiger partial charge on any atom is -0.488 e. The van der Waals surface area contributed by atoms with Crippen LogP contribution in [-0.4, -0.2) is 40.6 Å². The number of nitrogens with zero attached hydrogens (tertiary/aromatic N) is 3. The average molecular weight is 289 g/mol. The second-order valence-electron chi connectivity index (χ2n) is 6.92. The van der Waals surface area contributed by atoms with Crippen molar-refractivity contribution in [3.8, 4) is 5.75 Å². The standard InChI is InChI=1S/C17H27N3O/c1-11(2)17-18-12(3)16(13(4)19-17)21-10-15-9-14-5-7-20(15)8-6-14/h11,14-15H,5-10H2,1-4H3. The molecular weight excluding hydrogens is 262 g/mol. The van der Waals surface area contributed by atoms with Gasteiger partial charge in [-0.15, -0.1) is 0 Å². The maximum absolute atomic E-state index is 6.13. The fourth-order valence-electron chi connectivity index (χ4n) is 3.64. The Hall–Kier alpha value is -1.16. The third-order valence-corrected chi connectivity index (χ3v) is 4.93. The molecule has 3 fully saturated rings. The predicted molar refractivity (Wildman–Crippen MR) is 83.8 cm³/mol. The van der Waals surface area contributed by atoms with Crippen LogP contribution in [0.4, 0.5) is 0 Å². The molecule has 3 saturated heterocycles. The molecule has 4 nitrogen and oxygen atoms in total. The molecule has 2 bridgehead atoms. The van der Waals surface area contributed by atoms with Crippen molar-refractivity contribution >= 4 is 0 Å². The van der Waals surface area contributed by atoms with Crippen molar-refractivity contribution in [1.82, 2.24) is 14.9 Å². The molecule has 4 heteroatoms. The topological polar surface area (TPSA) is 38.3 Å². The van der Waals surface area contributed by atoms with Crippen LogP contribution in [0, 0.1) is 19.8 Å². The van der Waals surface area contributed by atoms with E-state index >= 15 is 0 Å². The lowest BCUT2D eigenvalue weighted by Gasteiger charge is -2.45. The monoisotopic (exact) mass is 289 g/mol. The Kier molecular flexibility index (Phi) is 4.16. The van der Waals surface area contributed by atoms with Gasteiger partial charge in [-0.25, -0.2) is 9.97 Å². The van der Waals surface area contributed by atoms with Crippen LogP contribution in [0.2, 0.25) is 0 Å². The minimum atomic E-state index is 0.358. The first kappa shape index (κ1) is 14.8. The lowest BCUT2D eigenvalue weighted by molar-refractivity contribution is 0.0234. The van der Waals surface area contributed by atoms with Gasteiger partial charge in [0.25, 0.3) is 0 Å². The highest BCUT2D eigenvalue weighted by Gasteiger charge is 2.33. The first-order valence-corrected chi connectivity index (χ1v) is 8.26. The first-order valence-electron chi connectivity index (χ1n) is 8.26. The summed E-state index contributed by atoms with van der Waals surface area (Å²) in [6, 6.07) is 0.584. The molecule has 1 atom stereocenters. The van der Waals surface area contributed by atoms with Gasteiger partial charge in [0.2, 0.25) is 0 Å². The summed E-state index contributed by atoms with van der Waals surface area (Å²) in [5, 5.41) is 0. The van der Waals surface area contributed by atoms with Gasteiger partial charge in [0.1, 0.15) is 12.4 Å². The van der Waals surface area contributed by atoms with Gasteiger partial charge >= 0.3 is 0 Å². The number of aryl methyl sites for hydroxylation is 2. The van der Waals surface area contributed by atoms with E-state index in [4.69, 9.17) is 4.74 Å². The number of ether oxygens (including phenoxy) is 1. The van der Waals surface area contributed by atoms with Crippen LogP contribution in [0.25, 0.3) is 0 Å². The van der Waals surface area contributed by atoms with Gasteiger partial charge in [0.15, 0.2) is 5.75 Å². The summed E-state index contributed by atoms with van der Waals surface area (Å²) in [6.07, 6.45) is 4.05. The second kappa shape index (κ2) is 5.91. The number of hydrogen-bond acceptors (Lipinski definition) is 4. The Bertz CT molecular complexity index is 484. The van der Waals surface area contributed by atoms with E-state index in [1.807, 2.05) is 13.8 Å². The quantitative estimate of drug-likeness (QED) is 0.854. The van der Waals surface area contributed by atoms with Gasteiger partial charge in [-0.2, -0.15) is 0 Å². The van der Waals surface area contributed by atoms with Crippen molar-refractivity contribution in [3.05, 3.63) is 17.2 Å². The number of rotatable bonds is 4. The summed E-state index contributed by atoms with van der Waals surface area (Å²) in [6.45, 7) is 11.6. The number of aromatic nitrogens is 2. The Morgan fingerprint density at radius 1 is 1.14 bits per heavy atom. The molecule has 1 aromatic heterocycles. The summed E-state index contributed by atoms with van der Waals surface area (Å²) in [5.74, 6) is 3.09.